The molecular weight excluding hydrogens is 547 g/mol. The Bertz CT molecular complexity index is 2220. The van der Waals surface area contributed by atoms with Crippen LogP contribution in [0, 0.1) is 0 Å². The number of benzene rings is 6. The number of aryl methyl sites for hydroxylation is 1. The molecule has 0 aliphatic heterocycles. The zero-order chi connectivity index (χ0) is 28.0. The lowest BCUT2D eigenvalue weighted by Crippen LogP contribution is -1.89. The maximum Gasteiger partial charge on any atom is 0.0936 e. The molecule has 3 heteroatoms. The van der Waals surface area contributed by atoms with Gasteiger partial charge in [-0.25, -0.2) is 4.98 Å². The zero-order valence-corrected chi connectivity index (χ0v) is 24.8. The quantitative estimate of drug-likeness (QED) is 0.200. The van der Waals surface area contributed by atoms with Gasteiger partial charge in [0.2, 0.25) is 0 Å². The molecule has 0 fully saturated rings. The van der Waals surface area contributed by atoms with E-state index in [0.29, 0.717) is 0 Å². The van der Waals surface area contributed by atoms with Crippen molar-refractivity contribution in [3.8, 4) is 44.5 Å². The van der Waals surface area contributed by atoms with E-state index < -0.39 is 0 Å². The monoisotopic (exact) mass is 573 g/mol. The number of thiazole rings is 1. The minimum atomic E-state index is 0.922. The number of nitrogens with zero attached hydrogens (tertiary/aromatic N) is 1. The number of hydrogen-bond acceptors (Lipinski definition) is 3. The van der Waals surface area contributed by atoms with Crippen molar-refractivity contribution in [2.45, 2.75) is 13.3 Å². The van der Waals surface area contributed by atoms with Crippen LogP contribution < -0.4 is 0 Å². The second-order valence-corrected chi connectivity index (χ2v) is 12.8. The Balaban J connectivity index is 1.34. The van der Waals surface area contributed by atoms with E-state index in [2.05, 4.69) is 140 Å². The van der Waals surface area contributed by atoms with Gasteiger partial charge in [-0.3, -0.25) is 0 Å². The first-order valence-electron chi connectivity index (χ1n) is 14.4. The second kappa shape index (κ2) is 10.4. The first-order chi connectivity index (χ1) is 20.8. The van der Waals surface area contributed by atoms with E-state index >= 15 is 0 Å². The first-order valence-corrected chi connectivity index (χ1v) is 16.0. The summed E-state index contributed by atoms with van der Waals surface area (Å²) in [5.41, 5.74) is 10.9. The average molecular weight is 574 g/mol. The number of hydrogen-bond donors (Lipinski definition) is 0. The largest absolute Gasteiger partial charge is 0.241 e. The first kappa shape index (κ1) is 25.2. The lowest BCUT2D eigenvalue weighted by Gasteiger charge is -2.15. The number of fused-ring (bicyclic) bond motifs is 4. The third-order valence-corrected chi connectivity index (χ3v) is 10.5. The van der Waals surface area contributed by atoms with Crippen LogP contribution in [-0.2, 0) is 6.42 Å². The highest BCUT2D eigenvalue weighted by atomic mass is 32.1. The highest BCUT2D eigenvalue weighted by molar-refractivity contribution is 7.25. The van der Waals surface area contributed by atoms with Crippen LogP contribution in [0.5, 0.6) is 0 Å². The summed E-state index contributed by atoms with van der Waals surface area (Å²) in [5, 5.41) is 3.81. The van der Waals surface area contributed by atoms with Crippen LogP contribution in [0.1, 0.15) is 11.9 Å². The Morgan fingerprint density at radius 2 is 1.14 bits per heavy atom. The van der Waals surface area contributed by atoms with Crippen molar-refractivity contribution >= 4 is 53.1 Å². The third-order valence-electron chi connectivity index (χ3n) is 8.08. The molecule has 8 aromatic rings. The molecule has 0 atom stereocenters. The Kier molecular flexibility index (Phi) is 6.21. The summed E-state index contributed by atoms with van der Waals surface area (Å²) in [5.74, 6) is 0. The van der Waals surface area contributed by atoms with Gasteiger partial charge >= 0.3 is 0 Å². The summed E-state index contributed by atoms with van der Waals surface area (Å²) >= 11 is 3.69. The maximum absolute atomic E-state index is 5.21. The molecule has 0 aliphatic rings. The molecule has 0 N–H and O–H groups in total. The summed E-state index contributed by atoms with van der Waals surface area (Å²) in [6, 6.07) is 48.5. The lowest BCUT2D eigenvalue weighted by atomic mass is 9.90. The van der Waals surface area contributed by atoms with Gasteiger partial charge in [-0.05, 0) is 64.1 Å². The number of aromatic nitrogens is 1. The highest BCUT2D eigenvalue weighted by Crippen LogP contribution is 2.44. The van der Waals surface area contributed by atoms with E-state index in [-0.39, 0.29) is 0 Å². The standard InChI is InChI=1S/C39H27NS2/c1-2-37-40-38-29(28-18-22-36-34(24-28)31-15-9-10-16-35(31)41-36)20-21-32(39(38)42-37)30-19-17-27(25-11-5-3-6-12-25)23-33(30)26-13-7-4-8-14-26/h3-24H,2H2,1H3. The van der Waals surface area contributed by atoms with E-state index in [4.69, 9.17) is 4.98 Å². The van der Waals surface area contributed by atoms with E-state index in [1.165, 1.54) is 74.4 Å². The summed E-state index contributed by atoms with van der Waals surface area (Å²) in [7, 11) is 0. The SMILES string of the molecule is CCc1nc2c(-c3ccc4sc5ccccc5c4c3)ccc(-c3ccc(-c4ccccc4)cc3-c3ccccc3)c2s1. The topological polar surface area (TPSA) is 12.9 Å². The van der Waals surface area contributed by atoms with Gasteiger partial charge in [0.05, 0.1) is 15.2 Å². The molecule has 2 heterocycles. The van der Waals surface area contributed by atoms with Crippen molar-refractivity contribution < 1.29 is 0 Å². The van der Waals surface area contributed by atoms with Crippen LogP contribution in [-0.4, -0.2) is 4.98 Å². The van der Waals surface area contributed by atoms with E-state index in [1.54, 1.807) is 0 Å². The summed E-state index contributed by atoms with van der Waals surface area (Å²) in [6.07, 6.45) is 0.922. The lowest BCUT2D eigenvalue weighted by molar-refractivity contribution is 1.11. The van der Waals surface area contributed by atoms with Gasteiger partial charge in [0, 0.05) is 31.3 Å². The Morgan fingerprint density at radius 3 is 1.95 bits per heavy atom. The molecule has 0 amide bonds. The molecule has 0 radical (unpaired) electrons. The normalized spacial score (nSPS) is 11.5. The summed E-state index contributed by atoms with van der Waals surface area (Å²) in [6.45, 7) is 2.20. The molecule has 0 aliphatic carbocycles. The van der Waals surface area contributed by atoms with E-state index in [9.17, 15) is 0 Å². The van der Waals surface area contributed by atoms with E-state index in [0.717, 1.165) is 11.9 Å². The van der Waals surface area contributed by atoms with Crippen LogP contribution in [0.3, 0.4) is 0 Å². The Morgan fingerprint density at radius 1 is 0.476 bits per heavy atom. The van der Waals surface area contributed by atoms with Gasteiger partial charge in [-0.15, -0.1) is 22.7 Å². The molecular formula is C39H27NS2. The minimum Gasteiger partial charge on any atom is -0.241 e. The molecule has 0 bridgehead atoms. The van der Waals surface area contributed by atoms with Crippen molar-refractivity contribution in [3.63, 3.8) is 0 Å². The van der Waals surface area contributed by atoms with Crippen LogP contribution in [0.4, 0.5) is 0 Å². The highest BCUT2D eigenvalue weighted by Gasteiger charge is 2.18. The van der Waals surface area contributed by atoms with Crippen molar-refractivity contribution in [3.05, 3.63) is 138 Å². The molecule has 0 saturated heterocycles. The van der Waals surface area contributed by atoms with Gasteiger partial charge in [0.1, 0.15) is 0 Å². The van der Waals surface area contributed by atoms with Crippen molar-refractivity contribution in [2.75, 3.05) is 0 Å². The molecule has 8 rings (SSSR count). The van der Waals surface area contributed by atoms with Crippen LogP contribution >= 0.6 is 22.7 Å². The third kappa shape index (κ3) is 4.25. The van der Waals surface area contributed by atoms with Crippen LogP contribution in [0.2, 0.25) is 0 Å². The minimum absolute atomic E-state index is 0.922. The zero-order valence-electron chi connectivity index (χ0n) is 23.2. The van der Waals surface area contributed by atoms with Crippen LogP contribution in [0.15, 0.2) is 133 Å². The summed E-state index contributed by atoms with van der Waals surface area (Å²) in [4.78, 5) is 5.21. The fourth-order valence-electron chi connectivity index (χ4n) is 5.99. The second-order valence-electron chi connectivity index (χ2n) is 10.6. The van der Waals surface area contributed by atoms with Gasteiger partial charge in [-0.1, -0.05) is 116 Å². The number of rotatable bonds is 5. The van der Waals surface area contributed by atoms with Gasteiger partial charge in [0.25, 0.3) is 0 Å². The van der Waals surface area contributed by atoms with Crippen molar-refractivity contribution in [1.29, 1.82) is 0 Å². The molecule has 2 aromatic heterocycles. The fraction of sp³-hybridized carbons (Fsp3) is 0.0513. The Hall–Kier alpha value is -4.57. The smallest absolute Gasteiger partial charge is 0.0936 e. The number of thiophene rings is 1. The van der Waals surface area contributed by atoms with Gasteiger partial charge < -0.3 is 0 Å². The fourth-order valence-corrected chi connectivity index (χ4v) is 8.13. The van der Waals surface area contributed by atoms with Crippen molar-refractivity contribution in [1.82, 2.24) is 4.98 Å². The molecule has 0 saturated carbocycles. The molecule has 0 unspecified atom stereocenters. The van der Waals surface area contributed by atoms with E-state index in [1.807, 2.05) is 22.7 Å². The van der Waals surface area contributed by atoms with Gasteiger partial charge in [-0.2, -0.15) is 0 Å². The van der Waals surface area contributed by atoms with Crippen molar-refractivity contribution in [2.24, 2.45) is 0 Å². The predicted octanol–water partition coefficient (Wildman–Crippen LogP) is 11.9. The molecule has 0 spiro atoms. The maximum atomic E-state index is 5.21. The summed E-state index contributed by atoms with van der Waals surface area (Å²) < 4.78 is 3.91. The molecule has 6 aromatic carbocycles. The molecule has 200 valence electrons. The Labute approximate surface area is 253 Å². The van der Waals surface area contributed by atoms with Gasteiger partial charge in [0.15, 0.2) is 0 Å². The van der Waals surface area contributed by atoms with Crippen LogP contribution in [0.25, 0.3) is 74.9 Å². The molecule has 1 nitrogen and oxygen atoms in total. The predicted molar refractivity (Wildman–Crippen MR) is 184 cm³/mol. The average Bonchev–Trinajstić information content (AvgIpc) is 3.67. The molecule has 42 heavy (non-hydrogen) atoms.